The van der Waals surface area contributed by atoms with Gasteiger partial charge in [0.1, 0.15) is 5.75 Å². The van der Waals surface area contributed by atoms with Crippen molar-refractivity contribution < 1.29 is 4.74 Å². The molecule has 74 valence electrons. The van der Waals surface area contributed by atoms with Crippen LogP contribution in [-0.4, -0.2) is 13.2 Å². The van der Waals surface area contributed by atoms with Gasteiger partial charge in [-0.2, -0.15) is 0 Å². The Morgan fingerprint density at radius 1 is 1.43 bits per heavy atom. The van der Waals surface area contributed by atoms with Gasteiger partial charge in [0.25, 0.3) is 0 Å². The predicted molar refractivity (Wildman–Crippen MR) is 55.4 cm³/mol. The quantitative estimate of drug-likeness (QED) is 0.729. The number of hydrogen-bond acceptors (Lipinski definition) is 2. The summed E-state index contributed by atoms with van der Waals surface area (Å²) in [6, 6.07) is 8.41. The zero-order valence-corrected chi connectivity index (χ0v) is 8.20. The number of hydrogen-bond donors (Lipinski definition) is 1. The van der Waals surface area contributed by atoms with Gasteiger partial charge < -0.3 is 10.5 Å². The molecule has 1 aliphatic carbocycles. The lowest BCUT2D eigenvalue weighted by molar-refractivity contribution is 0.254. The Kier molecular flexibility index (Phi) is 1.62. The molecule has 1 aliphatic heterocycles. The molecular formula is C12H15NO. The van der Waals surface area contributed by atoms with E-state index in [1.807, 2.05) is 6.07 Å². The molecule has 14 heavy (non-hydrogen) atoms. The van der Waals surface area contributed by atoms with E-state index in [0.29, 0.717) is 11.3 Å². The molecule has 1 heterocycles. The maximum atomic E-state index is 5.76. The highest BCUT2D eigenvalue weighted by molar-refractivity contribution is 5.46. The fourth-order valence-electron chi connectivity index (χ4n) is 2.81. The lowest BCUT2D eigenvalue weighted by atomic mass is 9.87. The van der Waals surface area contributed by atoms with E-state index in [1.54, 1.807) is 0 Å². The first-order valence-corrected chi connectivity index (χ1v) is 5.29. The van der Waals surface area contributed by atoms with Crippen molar-refractivity contribution >= 4 is 0 Å². The van der Waals surface area contributed by atoms with Crippen molar-refractivity contribution in [2.75, 3.05) is 13.2 Å². The molecule has 1 aromatic carbocycles. The highest BCUT2D eigenvalue weighted by Gasteiger charge is 2.56. The summed E-state index contributed by atoms with van der Waals surface area (Å²) < 4.78 is 5.65. The van der Waals surface area contributed by atoms with Crippen LogP contribution >= 0.6 is 0 Å². The number of benzene rings is 1. The third-order valence-corrected chi connectivity index (χ3v) is 3.75. The van der Waals surface area contributed by atoms with E-state index in [4.69, 9.17) is 10.5 Å². The number of para-hydroxylation sites is 1. The molecule has 2 N–H and O–H groups in total. The zero-order chi connectivity index (χ0) is 9.60. The van der Waals surface area contributed by atoms with E-state index >= 15 is 0 Å². The number of fused-ring (bicyclic) bond motifs is 2. The van der Waals surface area contributed by atoms with E-state index in [-0.39, 0.29) is 0 Å². The molecule has 0 bridgehead atoms. The average Bonchev–Trinajstić information content (AvgIpc) is 2.94. The number of ether oxygens (including phenoxy) is 1. The molecule has 2 nitrogen and oxygen atoms in total. The lowest BCUT2D eigenvalue weighted by Gasteiger charge is -2.26. The molecule has 0 saturated heterocycles. The Bertz CT molecular complexity index is 363. The van der Waals surface area contributed by atoms with E-state index in [0.717, 1.165) is 25.3 Å². The molecule has 2 heteroatoms. The summed E-state index contributed by atoms with van der Waals surface area (Å²) in [7, 11) is 0. The summed E-state index contributed by atoms with van der Waals surface area (Å²) in [5.74, 6) is 1.77. The first-order chi connectivity index (χ1) is 6.87. The molecule has 0 radical (unpaired) electrons. The van der Waals surface area contributed by atoms with Gasteiger partial charge in [-0.1, -0.05) is 18.2 Å². The van der Waals surface area contributed by atoms with Crippen LogP contribution in [0.5, 0.6) is 5.75 Å². The monoisotopic (exact) mass is 189 g/mol. The minimum Gasteiger partial charge on any atom is -0.493 e. The molecule has 2 atom stereocenters. The van der Waals surface area contributed by atoms with Crippen molar-refractivity contribution in [2.24, 2.45) is 11.7 Å². The molecule has 0 aromatic heterocycles. The van der Waals surface area contributed by atoms with Crippen LogP contribution in [0.25, 0.3) is 0 Å². The standard InChI is InChI=1S/C12H15NO/c13-8-9-7-12(9)5-6-14-11-4-2-1-3-10(11)12/h1-4,9H,5-8,13H2. The van der Waals surface area contributed by atoms with E-state index in [9.17, 15) is 0 Å². The van der Waals surface area contributed by atoms with Crippen molar-refractivity contribution in [3.63, 3.8) is 0 Å². The molecule has 1 spiro atoms. The van der Waals surface area contributed by atoms with Crippen LogP contribution in [0.4, 0.5) is 0 Å². The Morgan fingerprint density at radius 3 is 3.07 bits per heavy atom. The van der Waals surface area contributed by atoms with Crippen molar-refractivity contribution in [1.82, 2.24) is 0 Å². The smallest absolute Gasteiger partial charge is 0.123 e. The second kappa shape index (κ2) is 2.74. The fourth-order valence-corrected chi connectivity index (χ4v) is 2.81. The molecular weight excluding hydrogens is 174 g/mol. The summed E-state index contributed by atoms with van der Waals surface area (Å²) in [5, 5.41) is 0. The maximum absolute atomic E-state index is 5.76. The van der Waals surface area contributed by atoms with Gasteiger partial charge in [0.15, 0.2) is 0 Å². The second-order valence-electron chi connectivity index (χ2n) is 4.39. The van der Waals surface area contributed by atoms with Gasteiger partial charge in [-0.15, -0.1) is 0 Å². The summed E-state index contributed by atoms with van der Waals surface area (Å²) in [4.78, 5) is 0. The Balaban J connectivity index is 2.05. The maximum Gasteiger partial charge on any atom is 0.123 e. The van der Waals surface area contributed by atoms with Gasteiger partial charge >= 0.3 is 0 Å². The van der Waals surface area contributed by atoms with Crippen LogP contribution in [0.2, 0.25) is 0 Å². The van der Waals surface area contributed by atoms with Crippen LogP contribution < -0.4 is 10.5 Å². The Hall–Kier alpha value is -1.02. The van der Waals surface area contributed by atoms with Crippen LogP contribution in [0, 0.1) is 5.92 Å². The van der Waals surface area contributed by atoms with Gasteiger partial charge in [0.2, 0.25) is 0 Å². The van der Waals surface area contributed by atoms with Crippen molar-refractivity contribution in [2.45, 2.75) is 18.3 Å². The van der Waals surface area contributed by atoms with Gasteiger partial charge in [-0.05, 0) is 31.4 Å². The minimum absolute atomic E-state index is 0.379. The van der Waals surface area contributed by atoms with Gasteiger partial charge in [-0.25, -0.2) is 0 Å². The first kappa shape index (κ1) is 8.30. The lowest BCUT2D eigenvalue weighted by Crippen LogP contribution is -2.23. The molecule has 0 amide bonds. The third-order valence-electron chi connectivity index (χ3n) is 3.75. The zero-order valence-electron chi connectivity index (χ0n) is 8.20. The summed E-state index contributed by atoms with van der Waals surface area (Å²) in [6.45, 7) is 1.67. The van der Waals surface area contributed by atoms with E-state index in [1.165, 1.54) is 12.0 Å². The molecule has 2 aliphatic rings. The topological polar surface area (TPSA) is 35.2 Å². The summed E-state index contributed by atoms with van der Waals surface area (Å²) in [6.07, 6.45) is 2.40. The molecule has 3 rings (SSSR count). The minimum atomic E-state index is 0.379. The largest absolute Gasteiger partial charge is 0.493 e. The Morgan fingerprint density at radius 2 is 2.29 bits per heavy atom. The Labute approximate surface area is 84.1 Å². The molecule has 2 unspecified atom stereocenters. The van der Waals surface area contributed by atoms with Crippen molar-refractivity contribution in [1.29, 1.82) is 0 Å². The molecule has 1 saturated carbocycles. The predicted octanol–water partition coefficient (Wildman–Crippen LogP) is 1.69. The number of rotatable bonds is 1. The first-order valence-electron chi connectivity index (χ1n) is 5.29. The van der Waals surface area contributed by atoms with Crippen molar-refractivity contribution in [3.8, 4) is 5.75 Å². The normalized spacial score (nSPS) is 33.6. The van der Waals surface area contributed by atoms with Crippen LogP contribution in [0.15, 0.2) is 24.3 Å². The van der Waals surface area contributed by atoms with Crippen molar-refractivity contribution in [3.05, 3.63) is 29.8 Å². The second-order valence-corrected chi connectivity index (χ2v) is 4.39. The highest BCUT2D eigenvalue weighted by atomic mass is 16.5. The van der Waals surface area contributed by atoms with Crippen LogP contribution in [0.3, 0.4) is 0 Å². The van der Waals surface area contributed by atoms with Gasteiger partial charge in [0.05, 0.1) is 6.61 Å². The number of nitrogens with two attached hydrogens (primary N) is 1. The van der Waals surface area contributed by atoms with Crippen LogP contribution in [-0.2, 0) is 5.41 Å². The summed E-state index contributed by atoms with van der Waals surface area (Å²) >= 11 is 0. The SMILES string of the molecule is NCC1CC12CCOc1ccccc12. The summed E-state index contributed by atoms with van der Waals surface area (Å²) in [5.41, 5.74) is 7.52. The average molecular weight is 189 g/mol. The van der Waals surface area contributed by atoms with Gasteiger partial charge in [0, 0.05) is 11.0 Å². The molecule has 1 fully saturated rings. The fraction of sp³-hybridized carbons (Fsp3) is 0.500. The molecule has 1 aromatic rings. The van der Waals surface area contributed by atoms with Crippen LogP contribution in [0.1, 0.15) is 18.4 Å². The van der Waals surface area contributed by atoms with E-state index in [2.05, 4.69) is 18.2 Å². The highest BCUT2D eigenvalue weighted by Crippen LogP contribution is 2.59. The van der Waals surface area contributed by atoms with Gasteiger partial charge in [-0.3, -0.25) is 0 Å². The third kappa shape index (κ3) is 0.947. The van der Waals surface area contributed by atoms with E-state index < -0.39 is 0 Å².